The van der Waals surface area contributed by atoms with Gasteiger partial charge in [0.2, 0.25) is 0 Å². The van der Waals surface area contributed by atoms with Crippen LogP contribution in [0, 0.1) is 0 Å². The van der Waals surface area contributed by atoms with Gasteiger partial charge >= 0.3 is 5.97 Å². The van der Waals surface area contributed by atoms with Gasteiger partial charge in [-0.05, 0) is 30.7 Å². The molecule has 0 aliphatic rings. The number of phenolic OH excluding ortho intramolecular Hbond substituents is 1. The summed E-state index contributed by atoms with van der Waals surface area (Å²) in [6.07, 6.45) is 8.43. The van der Waals surface area contributed by atoms with Crippen LogP contribution in [0.1, 0.15) is 62.2 Å². The van der Waals surface area contributed by atoms with Crippen LogP contribution in [-0.2, 0) is 4.74 Å². The summed E-state index contributed by atoms with van der Waals surface area (Å²) in [6, 6.07) is 6.12. The normalized spacial score (nSPS) is 10.4. The number of unbranched alkanes of at least 4 members (excludes halogenated alkanes) is 6. The van der Waals surface area contributed by atoms with Gasteiger partial charge in [-0.15, -0.1) is 0 Å². The highest BCUT2D eigenvalue weighted by Gasteiger charge is 2.06. The second kappa shape index (κ2) is 9.42. The van der Waals surface area contributed by atoms with Crippen molar-refractivity contribution in [1.82, 2.24) is 0 Å². The average molecular weight is 264 g/mol. The average Bonchev–Trinajstić information content (AvgIpc) is 2.42. The zero-order chi connectivity index (χ0) is 13.9. The molecule has 0 spiro atoms. The molecule has 0 fully saturated rings. The molecule has 3 heteroatoms. The first-order valence-electron chi connectivity index (χ1n) is 7.20. The fourth-order valence-electron chi connectivity index (χ4n) is 1.90. The lowest BCUT2D eigenvalue weighted by molar-refractivity contribution is 0.0497. The third-order valence-electron chi connectivity index (χ3n) is 3.08. The Morgan fingerprint density at radius 3 is 2.21 bits per heavy atom. The van der Waals surface area contributed by atoms with Gasteiger partial charge in [-0.25, -0.2) is 4.79 Å². The minimum atomic E-state index is -0.314. The van der Waals surface area contributed by atoms with Crippen LogP contribution < -0.4 is 0 Å². The molecule has 0 aromatic heterocycles. The fourth-order valence-corrected chi connectivity index (χ4v) is 1.90. The fraction of sp³-hybridized carbons (Fsp3) is 0.562. The molecule has 1 aromatic carbocycles. The van der Waals surface area contributed by atoms with Gasteiger partial charge in [-0.1, -0.05) is 45.4 Å². The number of hydrogen-bond acceptors (Lipinski definition) is 3. The van der Waals surface area contributed by atoms with Gasteiger partial charge in [0.25, 0.3) is 0 Å². The highest BCUT2D eigenvalue weighted by Crippen LogP contribution is 2.11. The summed E-state index contributed by atoms with van der Waals surface area (Å²) in [5, 5.41) is 9.12. The molecule has 106 valence electrons. The number of carbonyl (C=O) groups excluding carboxylic acids is 1. The van der Waals surface area contributed by atoms with E-state index in [0.29, 0.717) is 12.2 Å². The Morgan fingerprint density at radius 1 is 1.00 bits per heavy atom. The number of aromatic hydroxyl groups is 1. The van der Waals surface area contributed by atoms with Gasteiger partial charge in [-0.2, -0.15) is 0 Å². The third kappa shape index (κ3) is 6.85. The maximum atomic E-state index is 11.6. The minimum absolute atomic E-state index is 0.156. The van der Waals surface area contributed by atoms with Gasteiger partial charge in [0.1, 0.15) is 5.75 Å². The minimum Gasteiger partial charge on any atom is -0.508 e. The molecule has 1 N–H and O–H groups in total. The molecule has 0 radical (unpaired) electrons. The number of benzene rings is 1. The van der Waals surface area contributed by atoms with Crippen molar-refractivity contribution in [2.45, 2.75) is 51.9 Å². The maximum Gasteiger partial charge on any atom is 0.338 e. The number of carbonyl (C=O) groups is 1. The molecule has 0 heterocycles. The van der Waals surface area contributed by atoms with E-state index in [1.54, 1.807) is 12.1 Å². The van der Waals surface area contributed by atoms with E-state index < -0.39 is 0 Å². The number of rotatable bonds is 9. The lowest BCUT2D eigenvalue weighted by atomic mass is 10.1. The lowest BCUT2D eigenvalue weighted by Gasteiger charge is -2.05. The van der Waals surface area contributed by atoms with E-state index in [1.165, 1.54) is 44.2 Å². The first-order valence-corrected chi connectivity index (χ1v) is 7.20. The van der Waals surface area contributed by atoms with E-state index in [2.05, 4.69) is 6.92 Å². The second-order valence-electron chi connectivity index (χ2n) is 4.80. The van der Waals surface area contributed by atoms with Crippen LogP contribution in [0.4, 0.5) is 0 Å². The molecule has 1 aromatic rings. The van der Waals surface area contributed by atoms with Crippen LogP contribution in [-0.4, -0.2) is 17.7 Å². The van der Waals surface area contributed by atoms with Crippen molar-refractivity contribution in [1.29, 1.82) is 0 Å². The van der Waals surface area contributed by atoms with Crippen molar-refractivity contribution in [2.75, 3.05) is 6.61 Å². The third-order valence-corrected chi connectivity index (χ3v) is 3.08. The molecule has 19 heavy (non-hydrogen) atoms. The topological polar surface area (TPSA) is 46.5 Å². The first kappa shape index (κ1) is 15.5. The molecule has 0 atom stereocenters. The van der Waals surface area contributed by atoms with Crippen molar-refractivity contribution in [3.8, 4) is 5.75 Å². The molecule has 0 saturated heterocycles. The van der Waals surface area contributed by atoms with E-state index >= 15 is 0 Å². The lowest BCUT2D eigenvalue weighted by Crippen LogP contribution is -2.06. The molecule has 0 amide bonds. The van der Waals surface area contributed by atoms with Crippen molar-refractivity contribution in [2.24, 2.45) is 0 Å². The Hall–Kier alpha value is -1.51. The molecular weight excluding hydrogens is 240 g/mol. The Labute approximate surface area is 115 Å². The Balaban J connectivity index is 2.06. The number of esters is 1. The zero-order valence-electron chi connectivity index (χ0n) is 11.7. The zero-order valence-corrected chi connectivity index (χ0v) is 11.7. The van der Waals surface area contributed by atoms with Gasteiger partial charge in [0.05, 0.1) is 12.2 Å². The largest absolute Gasteiger partial charge is 0.508 e. The SMILES string of the molecule is CCCCCCCCCOC(=O)c1ccc(O)cc1. The number of hydrogen-bond donors (Lipinski definition) is 1. The van der Waals surface area contributed by atoms with Crippen LogP contribution in [0.25, 0.3) is 0 Å². The van der Waals surface area contributed by atoms with Gasteiger partial charge in [-0.3, -0.25) is 0 Å². The van der Waals surface area contributed by atoms with Crippen molar-refractivity contribution in [3.63, 3.8) is 0 Å². The summed E-state index contributed by atoms with van der Waals surface area (Å²) in [7, 11) is 0. The maximum absolute atomic E-state index is 11.6. The Morgan fingerprint density at radius 2 is 1.58 bits per heavy atom. The van der Waals surface area contributed by atoms with E-state index in [-0.39, 0.29) is 11.7 Å². The highest BCUT2D eigenvalue weighted by molar-refractivity contribution is 5.89. The second-order valence-corrected chi connectivity index (χ2v) is 4.80. The van der Waals surface area contributed by atoms with Crippen LogP contribution in [0.2, 0.25) is 0 Å². The molecule has 3 nitrogen and oxygen atoms in total. The Bertz CT molecular complexity index is 357. The van der Waals surface area contributed by atoms with Gasteiger partial charge in [0.15, 0.2) is 0 Å². The van der Waals surface area contributed by atoms with Crippen molar-refractivity contribution < 1.29 is 14.6 Å². The molecule has 0 saturated carbocycles. The number of ether oxygens (including phenoxy) is 1. The van der Waals surface area contributed by atoms with Crippen molar-refractivity contribution >= 4 is 5.97 Å². The Kier molecular flexibility index (Phi) is 7.71. The predicted octanol–water partition coefficient (Wildman–Crippen LogP) is 4.30. The van der Waals surface area contributed by atoms with Crippen LogP contribution >= 0.6 is 0 Å². The molecule has 1 rings (SSSR count). The summed E-state index contributed by atoms with van der Waals surface area (Å²) < 4.78 is 5.18. The van der Waals surface area contributed by atoms with Crippen LogP contribution in [0.15, 0.2) is 24.3 Å². The molecule has 0 aliphatic heterocycles. The highest BCUT2D eigenvalue weighted by atomic mass is 16.5. The predicted molar refractivity (Wildman–Crippen MR) is 76.4 cm³/mol. The smallest absolute Gasteiger partial charge is 0.338 e. The summed E-state index contributed by atoms with van der Waals surface area (Å²) in [5.41, 5.74) is 0.487. The number of phenols is 1. The van der Waals surface area contributed by atoms with E-state index in [0.717, 1.165) is 12.8 Å². The summed E-state index contributed by atoms with van der Waals surface area (Å²) in [5.74, 6) is -0.158. The molecule has 0 bridgehead atoms. The quantitative estimate of drug-likeness (QED) is 0.534. The van der Waals surface area contributed by atoms with E-state index in [1.807, 2.05) is 0 Å². The molecule has 0 aliphatic carbocycles. The molecule has 0 unspecified atom stereocenters. The van der Waals surface area contributed by atoms with Crippen molar-refractivity contribution in [3.05, 3.63) is 29.8 Å². The summed E-state index contributed by atoms with van der Waals surface area (Å²) in [4.78, 5) is 11.6. The summed E-state index contributed by atoms with van der Waals surface area (Å²) in [6.45, 7) is 2.69. The van der Waals surface area contributed by atoms with E-state index in [9.17, 15) is 4.79 Å². The van der Waals surface area contributed by atoms with E-state index in [4.69, 9.17) is 9.84 Å². The standard InChI is InChI=1S/C16H24O3/c1-2-3-4-5-6-7-8-13-19-16(18)14-9-11-15(17)12-10-14/h9-12,17H,2-8,13H2,1H3. The van der Waals surface area contributed by atoms with Gasteiger partial charge < -0.3 is 9.84 Å². The first-order chi connectivity index (χ1) is 9.24. The molecular formula is C16H24O3. The monoisotopic (exact) mass is 264 g/mol. The van der Waals surface area contributed by atoms with Crippen LogP contribution in [0.3, 0.4) is 0 Å². The summed E-state index contributed by atoms with van der Waals surface area (Å²) >= 11 is 0. The van der Waals surface area contributed by atoms with Gasteiger partial charge in [0, 0.05) is 0 Å². The van der Waals surface area contributed by atoms with Crippen LogP contribution in [0.5, 0.6) is 5.75 Å².